The normalized spacial score (nSPS) is 14.3. The molecule has 6 nitrogen and oxygen atoms in total. The molecule has 2 heterocycles. The number of benzene rings is 3. The van der Waals surface area contributed by atoms with Crippen LogP contribution >= 0.6 is 11.8 Å². The van der Waals surface area contributed by atoms with Crippen molar-refractivity contribution in [1.29, 1.82) is 0 Å². The first-order valence-corrected chi connectivity index (χ1v) is 11.7. The lowest BCUT2D eigenvalue weighted by Gasteiger charge is -2.20. The van der Waals surface area contributed by atoms with Crippen LogP contribution in [0.4, 0.5) is 5.69 Å². The molecule has 0 aliphatic carbocycles. The summed E-state index contributed by atoms with van der Waals surface area (Å²) in [5.74, 6) is 2.07. The molecule has 5 rings (SSSR count). The van der Waals surface area contributed by atoms with Crippen LogP contribution in [0.1, 0.15) is 28.5 Å². The van der Waals surface area contributed by atoms with Crippen molar-refractivity contribution < 1.29 is 9.47 Å². The standard InChI is InChI=1S/C26H24N4O2S/c1-16-8-10-18(11-9-16)15-33-26-28-25-23(29-30-26)20-6-4-5-7-21(20)27-24(32-25)19-12-13-22(31-3)17(2)14-19/h4-14,24,27H,15H2,1-3H3. The highest BCUT2D eigenvalue weighted by Crippen LogP contribution is 2.40. The van der Waals surface area contributed by atoms with E-state index in [2.05, 4.69) is 52.8 Å². The predicted molar refractivity (Wildman–Crippen MR) is 131 cm³/mol. The van der Waals surface area contributed by atoms with Crippen molar-refractivity contribution in [3.8, 4) is 22.9 Å². The number of hydrogen-bond donors (Lipinski definition) is 1. The van der Waals surface area contributed by atoms with Crippen molar-refractivity contribution in [2.24, 2.45) is 0 Å². The first kappa shape index (κ1) is 21.3. The molecule has 1 N–H and O–H groups in total. The van der Waals surface area contributed by atoms with E-state index in [4.69, 9.17) is 14.5 Å². The van der Waals surface area contributed by atoms with Gasteiger partial charge in [0, 0.05) is 22.6 Å². The van der Waals surface area contributed by atoms with Crippen LogP contribution in [0.15, 0.2) is 71.9 Å². The Kier molecular flexibility index (Phi) is 5.88. The Morgan fingerprint density at radius 3 is 2.61 bits per heavy atom. The second kappa shape index (κ2) is 9.11. The SMILES string of the molecule is COc1ccc(C2Nc3ccccc3-c3nnc(SCc4ccc(C)cc4)nc3O2)cc1C. The van der Waals surface area contributed by atoms with Gasteiger partial charge in [0.25, 0.3) is 0 Å². The summed E-state index contributed by atoms with van der Waals surface area (Å²) in [7, 11) is 1.67. The molecule has 0 saturated heterocycles. The number of ether oxygens (including phenoxy) is 2. The van der Waals surface area contributed by atoms with Crippen molar-refractivity contribution in [3.05, 3.63) is 89.0 Å². The lowest BCUT2D eigenvalue weighted by molar-refractivity contribution is 0.225. The zero-order valence-electron chi connectivity index (χ0n) is 18.7. The Labute approximate surface area is 197 Å². The van der Waals surface area contributed by atoms with E-state index in [0.29, 0.717) is 16.7 Å². The lowest BCUT2D eigenvalue weighted by Crippen LogP contribution is -2.17. The van der Waals surface area contributed by atoms with Gasteiger partial charge in [-0.15, -0.1) is 10.2 Å². The Morgan fingerprint density at radius 2 is 1.82 bits per heavy atom. The summed E-state index contributed by atoms with van der Waals surface area (Å²) in [4.78, 5) is 4.74. The summed E-state index contributed by atoms with van der Waals surface area (Å²) in [6.45, 7) is 4.10. The quantitative estimate of drug-likeness (QED) is 0.372. The van der Waals surface area contributed by atoms with Crippen LogP contribution in [0.25, 0.3) is 11.3 Å². The Morgan fingerprint density at radius 1 is 1.00 bits per heavy atom. The van der Waals surface area contributed by atoms with Crippen LogP contribution < -0.4 is 14.8 Å². The largest absolute Gasteiger partial charge is 0.496 e. The molecule has 0 amide bonds. The molecule has 0 bridgehead atoms. The number of fused-ring (bicyclic) bond motifs is 3. The van der Waals surface area contributed by atoms with E-state index < -0.39 is 6.23 Å². The van der Waals surface area contributed by atoms with E-state index in [1.165, 1.54) is 11.1 Å². The zero-order valence-corrected chi connectivity index (χ0v) is 19.5. The van der Waals surface area contributed by atoms with Crippen LogP contribution in [0.2, 0.25) is 0 Å². The van der Waals surface area contributed by atoms with E-state index >= 15 is 0 Å². The van der Waals surface area contributed by atoms with Gasteiger partial charge in [-0.2, -0.15) is 4.98 Å². The van der Waals surface area contributed by atoms with E-state index in [9.17, 15) is 0 Å². The monoisotopic (exact) mass is 456 g/mol. The molecule has 1 aliphatic heterocycles. The fourth-order valence-electron chi connectivity index (χ4n) is 3.76. The van der Waals surface area contributed by atoms with Crippen molar-refractivity contribution in [2.75, 3.05) is 12.4 Å². The molecule has 1 aliphatic rings. The molecule has 1 aromatic heterocycles. The molecule has 1 unspecified atom stereocenters. The van der Waals surface area contributed by atoms with Gasteiger partial charge < -0.3 is 14.8 Å². The number of thioether (sulfide) groups is 1. The molecule has 0 fully saturated rings. The first-order valence-electron chi connectivity index (χ1n) is 10.7. The number of rotatable bonds is 5. The number of nitrogens with zero attached hydrogens (tertiary/aromatic N) is 3. The Hall–Kier alpha value is -3.58. The zero-order chi connectivity index (χ0) is 22.8. The number of aryl methyl sites for hydroxylation is 2. The number of anilines is 1. The molecule has 4 aromatic rings. The molecular formula is C26H24N4O2S. The number of para-hydroxylation sites is 1. The minimum Gasteiger partial charge on any atom is -0.496 e. The predicted octanol–water partition coefficient (Wildman–Crippen LogP) is 5.96. The summed E-state index contributed by atoms with van der Waals surface area (Å²) >= 11 is 1.54. The maximum absolute atomic E-state index is 6.38. The molecule has 166 valence electrons. The van der Waals surface area contributed by atoms with E-state index in [0.717, 1.165) is 33.9 Å². The van der Waals surface area contributed by atoms with Gasteiger partial charge in [0.15, 0.2) is 11.9 Å². The molecule has 33 heavy (non-hydrogen) atoms. The van der Waals surface area contributed by atoms with E-state index in [1.54, 1.807) is 18.9 Å². The second-order valence-corrected chi connectivity index (χ2v) is 8.88. The smallest absolute Gasteiger partial charge is 0.247 e. The molecule has 0 radical (unpaired) electrons. The van der Waals surface area contributed by atoms with Gasteiger partial charge in [0.2, 0.25) is 11.0 Å². The highest BCUT2D eigenvalue weighted by atomic mass is 32.2. The van der Waals surface area contributed by atoms with Crippen molar-refractivity contribution in [3.63, 3.8) is 0 Å². The van der Waals surface area contributed by atoms with Gasteiger partial charge >= 0.3 is 0 Å². The maximum Gasteiger partial charge on any atom is 0.247 e. The number of nitrogens with one attached hydrogen (secondary N) is 1. The van der Waals surface area contributed by atoms with Gasteiger partial charge in [-0.25, -0.2) is 0 Å². The highest BCUT2D eigenvalue weighted by molar-refractivity contribution is 7.98. The minimum atomic E-state index is -0.427. The maximum atomic E-state index is 6.38. The van der Waals surface area contributed by atoms with Gasteiger partial charge in [-0.3, -0.25) is 0 Å². The highest BCUT2D eigenvalue weighted by Gasteiger charge is 2.26. The summed E-state index contributed by atoms with van der Waals surface area (Å²) < 4.78 is 11.8. The lowest BCUT2D eigenvalue weighted by atomic mass is 10.1. The molecule has 3 aromatic carbocycles. The van der Waals surface area contributed by atoms with Crippen LogP contribution in [0.3, 0.4) is 0 Å². The van der Waals surface area contributed by atoms with Crippen LogP contribution in [-0.2, 0) is 5.75 Å². The van der Waals surface area contributed by atoms with Gasteiger partial charge in [-0.05, 0) is 49.2 Å². The fourth-order valence-corrected chi connectivity index (χ4v) is 4.49. The van der Waals surface area contributed by atoms with Crippen molar-refractivity contribution in [1.82, 2.24) is 15.2 Å². The first-order chi connectivity index (χ1) is 16.1. The third-order valence-electron chi connectivity index (χ3n) is 5.54. The van der Waals surface area contributed by atoms with Crippen molar-refractivity contribution in [2.45, 2.75) is 31.0 Å². The van der Waals surface area contributed by atoms with E-state index in [-0.39, 0.29) is 0 Å². The Bertz CT molecular complexity index is 1290. The van der Waals surface area contributed by atoms with Crippen LogP contribution in [0.5, 0.6) is 11.6 Å². The number of hydrogen-bond acceptors (Lipinski definition) is 7. The fraction of sp³-hybridized carbons (Fsp3) is 0.192. The van der Waals surface area contributed by atoms with E-state index in [1.807, 2.05) is 43.3 Å². The van der Waals surface area contributed by atoms with Crippen LogP contribution in [0, 0.1) is 13.8 Å². The van der Waals surface area contributed by atoms with Gasteiger partial charge in [-0.1, -0.05) is 59.8 Å². The summed E-state index contributed by atoms with van der Waals surface area (Å²) in [6.07, 6.45) is -0.427. The molecule has 0 spiro atoms. The summed E-state index contributed by atoms with van der Waals surface area (Å²) in [6, 6.07) is 22.5. The minimum absolute atomic E-state index is 0.427. The second-order valence-electron chi connectivity index (χ2n) is 7.94. The van der Waals surface area contributed by atoms with Gasteiger partial charge in [0.1, 0.15) is 5.75 Å². The molecule has 1 atom stereocenters. The summed E-state index contributed by atoms with van der Waals surface area (Å²) in [5.41, 5.74) is 6.93. The average molecular weight is 457 g/mol. The summed E-state index contributed by atoms with van der Waals surface area (Å²) in [5, 5.41) is 13.0. The number of aromatic nitrogens is 3. The third-order valence-corrected chi connectivity index (χ3v) is 6.45. The van der Waals surface area contributed by atoms with Gasteiger partial charge in [0.05, 0.1) is 7.11 Å². The van der Waals surface area contributed by atoms with Crippen molar-refractivity contribution >= 4 is 17.4 Å². The van der Waals surface area contributed by atoms with Crippen LogP contribution in [-0.4, -0.2) is 22.3 Å². The topological polar surface area (TPSA) is 69.2 Å². The third kappa shape index (κ3) is 4.50. The molecule has 0 saturated carbocycles. The Balaban J connectivity index is 1.48. The average Bonchev–Trinajstić information content (AvgIpc) is 3.00. The molecular weight excluding hydrogens is 432 g/mol. The number of methoxy groups -OCH3 is 1. The molecule has 7 heteroatoms.